The number of unbranched alkanes of at least 4 members (excludes halogenated alkanes) is 15. The van der Waals surface area contributed by atoms with E-state index in [0.29, 0.717) is 42.5 Å². The van der Waals surface area contributed by atoms with Crippen LogP contribution in [-0.4, -0.2) is 93.2 Å². The zero-order valence-electron chi connectivity index (χ0n) is 42.6. The summed E-state index contributed by atoms with van der Waals surface area (Å²) >= 11 is 0. The molecule has 0 aliphatic heterocycles. The number of hydrogen-bond donors (Lipinski definition) is 2. The van der Waals surface area contributed by atoms with Crippen LogP contribution in [0, 0.1) is 46.3 Å². The van der Waals surface area contributed by atoms with E-state index in [1.165, 1.54) is 141 Å². The van der Waals surface area contributed by atoms with E-state index in [4.69, 9.17) is 17.8 Å². The van der Waals surface area contributed by atoms with E-state index in [2.05, 4.69) is 57.3 Å². The lowest BCUT2D eigenvalue weighted by molar-refractivity contribution is -0.133. The van der Waals surface area contributed by atoms with Crippen LogP contribution < -0.4 is 0 Å². The van der Waals surface area contributed by atoms with Gasteiger partial charge in [-0.3, -0.25) is 13.3 Å². The van der Waals surface area contributed by atoms with E-state index < -0.39 is 10.6 Å². The van der Waals surface area contributed by atoms with Gasteiger partial charge in [0.1, 0.15) is 0 Å². The number of aliphatic hydroxyl groups excluding tert-OH is 2. The topological polar surface area (TPSA) is 80.6 Å². The standard InChI is InChI=1S/C55H105NO6S/c1-8-9-10-11-12-13-14-15-16-17-18-19-20-21-23-26-43-60-53(62-63(6,7)61-44-27-24-22-25-38-56(39-41-57)40-42-58)33-28-46(2)50-31-32-51-49-30-29-47-45-48(59-5)34-36-54(47,3)52(49)35-37-55(50,51)4/h15-16,46-53,57-58H,8-14,17-45H2,1-7H3/b16-15-/t46-,47?,48-,49?,50?,51?,52?,53?,54?,55?/m1/s1. The van der Waals surface area contributed by atoms with Gasteiger partial charge in [0.2, 0.25) is 0 Å². The molecule has 0 aromatic rings. The van der Waals surface area contributed by atoms with Crippen molar-refractivity contribution in [3.05, 3.63) is 12.2 Å². The molecular formula is C55H105NO6S. The molecule has 2 N–H and O–H groups in total. The molecule has 0 radical (unpaired) electrons. The van der Waals surface area contributed by atoms with Crippen molar-refractivity contribution in [1.29, 1.82) is 0 Å². The summed E-state index contributed by atoms with van der Waals surface area (Å²) in [7, 11) is 0.226. The summed E-state index contributed by atoms with van der Waals surface area (Å²) in [6.07, 6.45) is 46.9. The number of allylic oxidation sites excluding steroid dienone is 2. The monoisotopic (exact) mass is 908 g/mol. The Labute approximate surface area is 392 Å². The van der Waals surface area contributed by atoms with Crippen molar-refractivity contribution >= 4 is 10.6 Å². The lowest BCUT2D eigenvalue weighted by Gasteiger charge is -2.61. The molecule has 10 atom stereocenters. The van der Waals surface area contributed by atoms with Crippen LogP contribution in [0.3, 0.4) is 0 Å². The number of nitrogens with zero attached hydrogens (tertiary/aromatic N) is 1. The average molecular weight is 909 g/mol. The Morgan fingerprint density at radius 1 is 0.667 bits per heavy atom. The summed E-state index contributed by atoms with van der Waals surface area (Å²) in [4.78, 5) is 2.14. The molecule has 372 valence electrons. The molecule has 0 spiro atoms. The Hall–Kier alpha value is -0.190. The van der Waals surface area contributed by atoms with Crippen LogP contribution >= 0.6 is 10.6 Å². The predicted octanol–water partition coefficient (Wildman–Crippen LogP) is 14.2. The summed E-state index contributed by atoms with van der Waals surface area (Å²) in [5.74, 6) is 5.06. The van der Waals surface area contributed by atoms with Crippen LogP contribution in [0.2, 0.25) is 0 Å². The molecule has 4 aliphatic rings. The van der Waals surface area contributed by atoms with Crippen molar-refractivity contribution in [3.8, 4) is 0 Å². The average Bonchev–Trinajstić information content (AvgIpc) is 3.63. The molecule has 63 heavy (non-hydrogen) atoms. The van der Waals surface area contributed by atoms with E-state index >= 15 is 0 Å². The third-order valence-electron chi connectivity index (χ3n) is 17.4. The Morgan fingerprint density at radius 2 is 1.27 bits per heavy atom. The maximum absolute atomic E-state index is 9.31. The fraction of sp³-hybridized carbons (Fsp3) is 0.964. The highest BCUT2D eigenvalue weighted by molar-refractivity contribution is 8.24. The Kier molecular flexibility index (Phi) is 26.7. The molecule has 4 saturated carbocycles. The first kappa shape index (κ1) is 55.4. The highest BCUT2D eigenvalue weighted by atomic mass is 32.3. The molecule has 8 unspecified atom stereocenters. The van der Waals surface area contributed by atoms with Crippen molar-refractivity contribution in [3.63, 3.8) is 0 Å². The molecule has 0 saturated heterocycles. The van der Waals surface area contributed by atoms with Crippen LogP contribution in [0.25, 0.3) is 0 Å². The van der Waals surface area contributed by atoms with Crippen molar-refractivity contribution in [2.45, 2.75) is 226 Å². The van der Waals surface area contributed by atoms with E-state index in [0.717, 1.165) is 87.7 Å². The van der Waals surface area contributed by atoms with Crippen molar-refractivity contribution in [2.75, 3.05) is 65.7 Å². The summed E-state index contributed by atoms with van der Waals surface area (Å²) < 4.78 is 25.9. The maximum atomic E-state index is 9.31. The predicted molar refractivity (Wildman–Crippen MR) is 269 cm³/mol. The molecule has 0 aromatic heterocycles. The molecule has 4 rings (SSSR count). The number of aliphatic hydroxyl groups is 2. The lowest BCUT2D eigenvalue weighted by Crippen LogP contribution is -2.54. The molecule has 0 amide bonds. The highest BCUT2D eigenvalue weighted by Gasteiger charge is 2.60. The van der Waals surface area contributed by atoms with Gasteiger partial charge in [0, 0.05) is 45.7 Å². The van der Waals surface area contributed by atoms with E-state index in [-0.39, 0.29) is 19.5 Å². The molecule has 0 heterocycles. The summed E-state index contributed by atoms with van der Waals surface area (Å²) in [6.45, 7) is 14.2. The van der Waals surface area contributed by atoms with Gasteiger partial charge in [0.05, 0.1) is 25.9 Å². The van der Waals surface area contributed by atoms with Crippen molar-refractivity contribution in [1.82, 2.24) is 4.90 Å². The Balaban J connectivity index is 1.21. The minimum absolute atomic E-state index is 0.144. The third kappa shape index (κ3) is 18.3. The van der Waals surface area contributed by atoms with Gasteiger partial charge < -0.3 is 19.7 Å². The molecule has 8 heteroatoms. The molecule has 0 bridgehead atoms. The Bertz CT molecular complexity index is 1200. The molecule has 4 fully saturated rings. The van der Waals surface area contributed by atoms with Gasteiger partial charge in [-0.25, -0.2) is 0 Å². The quantitative estimate of drug-likeness (QED) is 0.0368. The Morgan fingerprint density at radius 3 is 1.94 bits per heavy atom. The lowest BCUT2D eigenvalue weighted by atomic mass is 9.44. The normalized spacial score (nSPS) is 29.8. The first-order valence-corrected chi connectivity index (χ1v) is 29.6. The molecule has 0 aromatic carbocycles. The van der Waals surface area contributed by atoms with Crippen LogP contribution in [0.1, 0.15) is 214 Å². The van der Waals surface area contributed by atoms with E-state index in [1.807, 2.05) is 7.11 Å². The zero-order chi connectivity index (χ0) is 45.4. The number of hydrogen-bond acceptors (Lipinski definition) is 7. The van der Waals surface area contributed by atoms with Crippen LogP contribution in [0.15, 0.2) is 12.2 Å². The van der Waals surface area contributed by atoms with E-state index in [1.54, 1.807) is 0 Å². The van der Waals surface area contributed by atoms with E-state index in [9.17, 15) is 10.2 Å². The number of ether oxygens (including phenoxy) is 2. The van der Waals surface area contributed by atoms with Crippen LogP contribution in [0.5, 0.6) is 0 Å². The second-order valence-electron chi connectivity index (χ2n) is 22.1. The third-order valence-corrected chi connectivity index (χ3v) is 18.8. The minimum atomic E-state index is -1.71. The minimum Gasteiger partial charge on any atom is -0.395 e. The van der Waals surface area contributed by atoms with Gasteiger partial charge in [-0.15, -0.1) is 0 Å². The fourth-order valence-electron chi connectivity index (χ4n) is 13.7. The first-order valence-electron chi connectivity index (χ1n) is 27.3. The first-order chi connectivity index (χ1) is 30.5. The van der Waals surface area contributed by atoms with Gasteiger partial charge in [-0.1, -0.05) is 110 Å². The second kappa shape index (κ2) is 30.3. The summed E-state index contributed by atoms with van der Waals surface area (Å²) in [6, 6.07) is 0. The largest absolute Gasteiger partial charge is 0.395 e. The molecular weight excluding hydrogens is 803 g/mol. The van der Waals surface area contributed by atoms with Gasteiger partial charge in [0.15, 0.2) is 6.29 Å². The molecule has 7 nitrogen and oxygen atoms in total. The van der Waals surface area contributed by atoms with Crippen molar-refractivity contribution in [2.24, 2.45) is 46.3 Å². The fourth-order valence-corrected chi connectivity index (χ4v) is 14.9. The van der Waals surface area contributed by atoms with Gasteiger partial charge >= 0.3 is 0 Å². The van der Waals surface area contributed by atoms with Gasteiger partial charge in [0.25, 0.3) is 0 Å². The van der Waals surface area contributed by atoms with Crippen molar-refractivity contribution < 1.29 is 28.1 Å². The van der Waals surface area contributed by atoms with Crippen LogP contribution in [-0.2, 0) is 17.8 Å². The number of fused-ring (bicyclic) bond motifs is 5. The summed E-state index contributed by atoms with van der Waals surface area (Å²) in [5, 5.41) is 18.6. The smallest absolute Gasteiger partial charge is 0.180 e. The molecule has 4 aliphatic carbocycles. The van der Waals surface area contributed by atoms with Crippen LogP contribution in [0.4, 0.5) is 0 Å². The number of methoxy groups -OCH3 is 1. The maximum Gasteiger partial charge on any atom is 0.180 e. The number of rotatable bonds is 36. The van der Waals surface area contributed by atoms with Gasteiger partial charge in [-0.2, -0.15) is 10.6 Å². The SMILES string of the molecule is CCCCCCCC/C=C\CCCCCCCCOC(CC[C@@H](C)C1CCC2C3CCC4C[C@H](OC)CCC4(C)C3CCC21C)OS(C)(C)OCCCCCCN(CCO)CCO. The highest BCUT2D eigenvalue weighted by Crippen LogP contribution is 2.68. The summed E-state index contributed by atoms with van der Waals surface area (Å²) in [5.41, 5.74) is 0.994. The zero-order valence-corrected chi connectivity index (χ0v) is 43.4. The second-order valence-corrected chi connectivity index (χ2v) is 24.8. The van der Waals surface area contributed by atoms with Gasteiger partial charge in [-0.05, 0) is 162 Å².